The standard InChI is InChI=1S/C9H13N3O2.C7H8O3S/c10-6-3-1-2-4-8(6)12-5-7(11)9(13)14;1-6-2-4-7(5-3-6)11(8,9)10/h1-4,7,12H,5,10-11H2,(H,13,14);2-5H,1H3,(H,8,9,10)/t7-;/m1./s1. The Labute approximate surface area is 146 Å². The van der Waals surface area contributed by atoms with Crippen molar-refractivity contribution in [1.82, 2.24) is 0 Å². The summed E-state index contributed by atoms with van der Waals surface area (Å²) in [5.74, 6) is -1.04. The Bertz CT molecular complexity index is 807. The summed E-state index contributed by atoms with van der Waals surface area (Å²) < 4.78 is 29.6. The van der Waals surface area contributed by atoms with Crippen molar-refractivity contribution < 1.29 is 22.9 Å². The molecule has 0 aliphatic rings. The number of anilines is 2. The molecule has 0 amide bonds. The van der Waals surface area contributed by atoms with E-state index in [0.29, 0.717) is 11.4 Å². The Morgan fingerprint density at radius 1 is 1.16 bits per heavy atom. The molecule has 9 heteroatoms. The first-order valence-electron chi connectivity index (χ1n) is 7.22. The summed E-state index contributed by atoms with van der Waals surface area (Å²) in [6.07, 6.45) is 0. The zero-order valence-electron chi connectivity index (χ0n) is 13.6. The lowest BCUT2D eigenvalue weighted by atomic mass is 10.2. The van der Waals surface area contributed by atoms with Crippen LogP contribution in [0.1, 0.15) is 5.56 Å². The second-order valence-corrected chi connectivity index (χ2v) is 6.62. The molecule has 0 aromatic heterocycles. The highest BCUT2D eigenvalue weighted by Crippen LogP contribution is 2.16. The fraction of sp³-hybridized carbons (Fsp3) is 0.188. The van der Waals surface area contributed by atoms with E-state index >= 15 is 0 Å². The first-order valence-corrected chi connectivity index (χ1v) is 8.66. The number of carbonyl (C=O) groups is 1. The van der Waals surface area contributed by atoms with Gasteiger partial charge >= 0.3 is 5.97 Å². The van der Waals surface area contributed by atoms with E-state index < -0.39 is 22.1 Å². The van der Waals surface area contributed by atoms with Crippen LogP contribution in [0.25, 0.3) is 0 Å². The van der Waals surface area contributed by atoms with Crippen LogP contribution in [0.4, 0.5) is 11.4 Å². The molecule has 8 nitrogen and oxygen atoms in total. The highest BCUT2D eigenvalue weighted by Gasteiger charge is 2.10. The minimum Gasteiger partial charge on any atom is -0.480 e. The predicted molar refractivity (Wildman–Crippen MR) is 95.9 cm³/mol. The number of nitrogens with one attached hydrogen (secondary N) is 1. The van der Waals surface area contributed by atoms with Crippen LogP contribution in [0.3, 0.4) is 0 Å². The molecule has 0 saturated carbocycles. The fourth-order valence-corrected chi connectivity index (χ4v) is 2.16. The van der Waals surface area contributed by atoms with Gasteiger partial charge < -0.3 is 21.9 Å². The molecule has 0 heterocycles. The molecule has 2 rings (SSSR count). The molecule has 0 spiro atoms. The third-order valence-corrected chi connectivity index (χ3v) is 3.98. The SMILES string of the molecule is Cc1ccc(S(=O)(=O)O)cc1.Nc1ccccc1NC[C@@H](N)C(=O)O. The highest BCUT2D eigenvalue weighted by molar-refractivity contribution is 7.85. The number of benzene rings is 2. The van der Waals surface area contributed by atoms with Gasteiger partial charge in [-0.3, -0.25) is 9.35 Å². The van der Waals surface area contributed by atoms with Crippen molar-refractivity contribution in [1.29, 1.82) is 0 Å². The van der Waals surface area contributed by atoms with Gasteiger partial charge in [-0.15, -0.1) is 0 Å². The summed E-state index contributed by atoms with van der Waals surface area (Å²) in [5, 5.41) is 11.4. The third kappa shape index (κ3) is 7.21. The first kappa shape index (κ1) is 20.4. The molecule has 7 N–H and O–H groups in total. The molecule has 0 saturated heterocycles. The molecule has 2 aromatic carbocycles. The van der Waals surface area contributed by atoms with Crippen LogP contribution < -0.4 is 16.8 Å². The molecule has 0 radical (unpaired) electrons. The summed E-state index contributed by atoms with van der Waals surface area (Å²) in [6, 6.07) is 12.2. The van der Waals surface area contributed by atoms with E-state index in [4.69, 9.17) is 21.1 Å². The number of carboxylic acids is 1. The van der Waals surface area contributed by atoms with Gasteiger partial charge in [0.15, 0.2) is 0 Å². The molecule has 0 fully saturated rings. The van der Waals surface area contributed by atoms with Gasteiger partial charge in [-0.05, 0) is 31.2 Å². The molecule has 0 unspecified atom stereocenters. The van der Waals surface area contributed by atoms with Crippen LogP contribution in [0, 0.1) is 6.92 Å². The number of rotatable bonds is 5. The van der Waals surface area contributed by atoms with Gasteiger partial charge in [-0.2, -0.15) is 8.42 Å². The Morgan fingerprint density at radius 3 is 2.20 bits per heavy atom. The van der Waals surface area contributed by atoms with Gasteiger partial charge in [-0.25, -0.2) is 0 Å². The summed E-state index contributed by atoms with van der Waals surface area (Å²) in [6.45, 7) is 2.00. The van der Waals surface area contributed by atoms with Gasteiger partial charge in [0.25, 0.3) is 10.1 Å². The van der Waals surface area contributed by atoms with Crippen LogP contribution in [0.2, 0.25) is 0 Å². The van der Waals surface area contributed by atoms with Gasteiger partial charge in [0.2, 0.25) is 0 Å². The summed E-state index contributed by atoms with van der Waals surface area (Å²) in [7, 11) is -4.02. The first-order chi connectivity index (χ1) is 11.6. The number of nitrogens with two attached hydrogens (primary N) is 2. The number of hydrogen-bond donors (Lipinski definition) is 5. The maximum absolute atomic E-state index is 10.5. The number of para-hydroxylation sites is 2. The largest absolute Gasteiger partial charge is 0.480 e. The average Bonchev–Trinajstić information content (AvgIpc) is 2.54. The Kier molecular flexibility index (Phi) is 7.37. The quantitative estimate of drug-likeness (QED) is 0.391. The van der Waals surface area contributed by atoms with E-state index in [2.05, 4.69) is 5.32 Å². The minimum absolute atomic E-state index is 0.0666. The maximum atomic E-state index is 10.5. The van der Waals surface area contributed by atoms with Crippen LogP contribution >= 0.6 is 0 Å². The van der Waals surface area contributed by atoms with Crippen molar-refractivity contribution in [3.05, 3.63) is 54.1 Å². The average molecular weight is 367 g/mol. The number of aryl methyl sites for hydroxylation is 1. The van der Waals surface area contributed by atoms with Crippen molar-refractivity contribution in [3.8, 4) is 0 Å². The van der Waals surface area contributed by atoms with Crippen LogP contribution in [-0.4, -0.2) is 36.6 Å². The van der Waals surface area contributed by atoms with E-state index in [9.17, 15) is 13.2 Å². The van der Waals surface area contributed by atoms with Crippen molar-refractivity contribution in [2.75, 3.05) is 17.6 Å². The number of nitrogen functional groups attached to an aromatic ring is 1. The zero-order chi connectivity index (χ0) is 19.0. The normalized spacial score (nSPS) is 11.8. The van der Waals surface area contributed by atoms with E-state index in [0.717, 1.165) is 5.56 Å². The van der Waals surface area contributed by atoms with Crippen LogP contribution in [-0.2, 0) is 14.9 Å². The van der Waals surface area contributed by atoms with E-state index in [1.54, 1.807) is 30.3 Å². The number of hydrogen-bond acceptors (Lipinski definition) is 6. The molecule has 2 aromatic rings. The smallest absolute Gasteiger partial charge is 0.322 e. The Balaban J connectivity index is 0.000000257. The molecule has 25 heavy (non-hydrogen) atoms. The highest BCUT2D eigenvalue weighted by atomic mass is 32.2. The Morgan fingerprint density at radius 2 is 1.72 bits per heavy atom. The number of carboxylic acid groups (broad SMARTS) is 1. The van der Waals surface area contributed by atoms with Gasteiger partial charge in [0.1, 0.15) is 6.04 Å². The second-order valence-electron chi connectivity index (χ2n) is 5.20. The molecule has 0 bridgehead atoms. The topological polar surface area (TPSA) is 156 Å². The third-order valence-electron chi connectivity index (χ3n) is 3.11. The lowest BCUT2D eigenvalue weighted by Crippen LogP contribution is -2.37. The molecule has 0 aliphatic heterocycles. The van der Waals surface area contributed by atoms with Gasteiger partial charge in [-0.1, -0.05) is 29.8 Å². The maximum Gasteiger partial charge on any atom is 0.322 e. The zero-order valence-corrected chi connectivity index (χ0v) is 14.4. The fourth-order valence-electron chi connectivity index (χ4n) is 1.68. The minimum atomic E-state index is -4.02. The monoisotopic (exact) mass is 367 g/mol. The van der Waals surface area contributed by atoms with E-state index in [1.807, 2.05) is 13.0 Å². The number of aliphatic carboxylic acids is 1. The summed E-state index contributed by atoms with van der Waals surface area (Å²) >= 11 is 0. The molecule has 0 aliphatic carbocycles. The summed E-state index contributed by atoms with van der Waals surface area (Å²) in [5.41, 5.74) is 13.2. The van der Waals surface area contributed by atoms with Gasteiger partial charge in [0.05, 0.1) is 16.3 Å². The van der Waals surface area contributed by atoms with E-state index in [-0.39, 0.29) is 11.4 Å². The second kappa shape index (κ2) is 9.02. The molecule has 136 valence electrons. The van der Waals surface area contributed by atoms with Crippen LogP contribution in [0.15, 0.2) is 53.4 Å². The van der Waals surface area contributed by atoms with Crippen LogP contribution in [0.5, 0.6) is 0 Å². The lowest BCUT2D eigenvalue weighted by Gasteiger charge is -2.11. The Hall–Kier alpha value is -2.62. The van der Waals surface area contributed by atoms with E-state index in [1.165, 1.54) is 12.1 Å². The van der Waals surface area contributed by atoms with Crippen molar-refractivity contribution in [2.45, 2.75) is 17.9 Å². The predicted octanol–water partition coefficient (Wildman–Crippen LogP) is 1.33. The molecular formula is C16H21N3O5S. The molecule has 1 atom stereocenters. The van der Waals surface area contributed by atoms with Crippen molar-refractivity contribution in [3.63, 3.8) is 0 Å². The lowest BCUT2D eigenvalue weighted by molar-refractivity contribution is -0.138. The summed E-state index contributed by atoms with van der Waals surface area (Å²) in [4.78, 5) is 10.3. The van der Waals surface area contributed by atoms with Crippen molar-refractivity contribution in [2.24, 2.45) is 5.73 Å². The van der Waals surface area contributed by atoms with Gasteiger partial charge in [0, 0.05) is 6.54 Å². The molecular weight excluding hydrogens is 346 g/mol. The van der Waals surface area contributed by atoms with Crippen molar-refractivity contribution >= 4 is 27.5 Å².